The van der Waals surface area contributed by atoms with E-state index in [1.807, 2.05) is 0 Å². The lowest BCUT2D eigenvalue weighted by Crippen LogP contribution is -2.32. The van der Waals surface area contributed by atoms with Gasteiger partial charge in [0.2, 0.25) is 0 Å². The van der Waals surface area contributed by atoms with Crippen LogP contribution in [-0.4, -0.2) is 29.7 Å². The first-order valence-electron chi connectivity index (χ1n) is 8.21. The molecule has 8 nitrogen and oxygen atoms in total. The van der Waals surface area contributed by atoms with E-state index in [0.717, 1.165) is 4.57 Å². The van der Waals surface area contributed by atoms with E-state index in [1.54, 1.807) is 48.5 Å². The Kier molecular flexibility index (Phi) is 5.25. The smallest absolute Gasteiger partial charge is 0.420 e. The standard InChI is InChI=1S/C19H18N2O6/c1-12(18(23)20-13-7-3-5-9-15(13)25-2)26-17(22)11-21-14-8-4-6-10-16(14)27-19(21)24/h3-10,12H,11H2,1-2H3,(H,20,23)/t12-/m0/s1. The summed E-state index contributed by atoms with van der Waals surface area (Å²) in [6, 6.07) is 13.6. The fourth-order valence-electron chi connectivity index (χ4n) is 2.56. The van der Waals surface area contributed by atoms with Gasteiger partial charge in [0.25, 0.3) is 5.91 Å². The van der Waals surface area contributed by atoms with Gasteiger partial charge in [-0.3, -0.25) is 14.2 Å². The van der Waals surface area contributed by atoms with Crippen LogP contribution in [-0.2, 0) is 20.9 Å². The number of anilines is 1. The van der Waals surface area contributed by atoms with E-state index >= 15 is 0 Å². The van der Waals surface area contributed by atoms with Crippen LogP contribution in [0.2, 0.25) is 0 Å². The van der Waals surface area contributed by atoms with Crippen LogP contribution >= 0.6 is 0 Å². The average molecular weight is 370 g/mol. The fraction of sp³-hybridized carbons (Fsp3) is 0.211. The molecule has 0 aliphatic carbocycles. The molecule has 0 fully saturated rings. The van der Waals surface area contributed by atoms with Gasteiger partial charge in [-0.25, -0.2) is 4.79 Å². The van der Waals surface area contributed by atoms with Crippen molar-refractivity contribution in [2.75, 3.05) is 12.4 Å². The minimum atomic E-state index is -1.06. The van der Waals surface area contributed by atoms with Crippen molar-refractivity contribution in [1.29, 1.82) is 0 Å². The minimum Gasteiger partial charge on any atom is -0.495 e. The monoisotopic (exact) mass is 370 g/mol. The molecule has 1 heterocycles. The SMILES string of the molecule is COc1ccccc1NC(=O)[C@H](C)OC(=O)Cn1c(=O)oc2ccccc21. The number of rotatable bonds is 6. The Morgan fingerprint density at radius 3 is 2.63 bits per heavy atom. The Labute approximate surface area is 154 Å². The van der Waals surface area contributed by atoms with E-state index < -0.39 is 23.7 Å². The molecule has 27 heavy (non-hydrogen) atoms. The third-order valence-electron chi connectivity index (χ3n) is 3.90. The summed E-state index contributed by atoms with van der Waals surface area (Å²) in [6.07, 6.45) is -1.06. The van der Waals surface area contributed by atoms with Crippen molar-refractivity contribution >= 4 is 28.7 Å². The van der Waals surface area contributed by atoms with E-state index in [0.29, 0.717) is 22.5 Å². The molecule has 0 radical (unpaired) electrons. The molecule has 1 amide bonds. The van der Waals surface area contributed by atoms with Crippen LogP contribution in [0.5, 0.6) is 5.75 Å². The zero-order valence-corrected chi connectivity index (χ0v) is 14.8. The molecule has 3 aromatic rings. The number of nitrogens with zero attached hydrogens (tertiary/aromatic N) is 1. The molecule has 3 rings (SSSR count). The molecule has 0 aliphatic heterocycles. The number of carbonyl (C=O) groups is 2. The van der Waals surface area contributed by atoms with Crippen molar-refractivity contribution in [3.63, 3.8) is 0 Å². The zero-order chi connectivity index (χ0) is 19.4. The summed E-state index contributed by atoms with van der Waals surface area (Å²) < 4.78 is 16.5. The van der Waals surface area contributed by atoms with Gasteiger partial charge >= 0.3 is 11.7 Å². The molecule has 140 valence electrons. The molecule has 0 bridgehead atoms. The van der Waals surface area contributed by atoms with Crippen LogP contribution in [0.3, 0.4) is 0 Å². The molecule has 0 unspecified atom stereocenters. The van der Waals surface area contributed by atoms with Crippen LogP contribution < -0.4 is 15.8 Å². The van der Waals surface area contributed by atoms with Crippen molar-refractivity contribution in [2.45, 2.75) is 19.6 Å². The first-order chi connectivity index (χ1) is 13.0. The fourth-order valence-corrected chi connectivity index (χ4v) is 2.56. The molecular formula is C19H18N2O6. The van der Waals surface area contributed by atoms with Gasteiger partial charge in [0.05, 0.1) is 18.3 Å². The number of esters is 1. The maximum atomic E-state index is 12.3. The first-order valence-corrected chi connectivity index (χ1v) is 8.21. The normalized spacial score (nSPS) is 11.8. The van der Waals surface area contributed by atoms with Crippen LogP contribution in [0.15, 0.2) is 57.7 Å². The number of carbonyl (C=O) groups excluding carboxylic acids is 2. The molecule has 1 N–H and O–H groups in total. The first kappa shape index (κ1) is 18.2. The molecule has 8 heteroatoms. The maximum absolute atomic E-state index is 12.3. The van der Waals surface area contributed by atoms with Crippen molar-refractivity contribution < 1.29 is 23.5 Å². The van der Waals surface area contributed by atoms with Gasteiger partial charge in [-0.15, -0.1) is 0 Å². The zero-order valence-electron chi connectivity index (χ0n) is 14.8. The number of fused-ring (bicyclic) bond motifs is 1. The van der Waals surface area contributed by atoms with Gasteiger partial charge in [-0.1, -0.05) is 24.3 Å². The summed E-state index contributed by atoms with van der Waals surface area (Å²) in [5.74, 6) is -1.43. The average Bonchev–Trinajstić information content (AvgIpc) is 2.97. The number of hydrogen-bond donors (Lipinski definition) is 1. The number of nitrogens with one attached hydrogen (secondary N) is 1. The molecule has 0 spiro atoms. The maximum Gasteiger partial charge on any atom is 0.420 e. The third-order valence-corrected chi connectivity index (χ3v) is 3.90. The van der Waals surface area contributed by atoms with Crippen LogP contribution in [0.25, 0.3) is 11.1 Å². The van der Waals surface area contributed by atoms with Gasteiger partial charge in [0.15, 0.2) is 11.7 Å². The molecule has 0 saturated carbocycles. The number of ether oxygens (including phenoxy) is 2. The van der Waals surface area contributed by atoms with Gasteiger partial charge in [0, 0.05) is 0 Å². The summed E-state index contributed by atoms with van der Waals surface area (Å²) in [7, 11) is 1.49. The van der Waals surface area contributed by atoms with Gasteiger partial charge in [0.1, 0.15) is 12.3 Å². The Morgan fingerprint density at radius 1 is 1.15 bits per heavy atom. The number of oxazole rings is 1. The van der Waals surface area contributed by atoms with Crippen LogP contribution in [0.1, 0.15) is 6.92 Å². The summed E-state index contributed by atoms with van der Waals surface area (Å²) in [4.78, 5) is 36.3. The number of benzene rings is 2. The second kappa shape index (κ2) is 7.77. The lowest BCUT2D eigenvalue weighted by molar-refractivity contribution is -0.153. The van der Waals surface area contributed by atoms with Gasteiger partial charge in [-0.05, 0) is 31.2 Å². The Balaban J connectivity index is 1.65. The summed E-state index contributed by atoms with van der Waals surface area (Å²) >= 11 is 0. The Bertz CT molecular complexity index is 1040. The highest BCUT2D eigenvalue weighted by molar-refractivity contribution is 5.96. The molecule has 0 aliphatic rings. The topological polar surface area (TPSA) is 99.8 Å². The second-order valence-electron chi connectivity index (χ2n) is 5.74. The van der Waals surface area contributed by atoms with Crippen molar-refractivity contribution in [2.24, 2.45) is 0 Å². The minimum absolute atomic E-state index is 0.359. The molecule has 2 aromatic carbocycles. The van der Waals surface area contributed by atoms with E-state index in [-0.39, 0.29) is 6.54 Å². The highest BCUT2D eigenvalue weighted by Crippen LogP contribution is 2.23. The van der Waals surface area contributed by atoms with Crippen LogP contribution in [0.4, 0.5) is 5.69 Å². The van der Waals surface area contributed by atoms with Crippen molar-refractivity contribution in [3.05, 3.63) is 59.1 Å². The third kappa shape index (κ3) is 4.00. The number of para-hydroxylation sites is 4. The molecule has 0 saturated heterocycles. The van der Waals surface area contributed by atoms with E-state index in [2.05, 4.69) is 5.32 Å². The number of hydrogen-bond acceptors (Lipinski definition) is 6. The predicted molar refractivity (Wildman–Crippen MR) is 97.7 cm³/mol. The van der Waals surface area contributed by atoms with Crippen molar-refractivity contribution in [1.82, 2.24) is 4.57 Å². The largest absolute Gasteiger partial charge is 0.495 e. The second-order valence-corrected chi connectivity index (χ2v) is 5.74. The molecule has 1 aromatic heterocycles. The number of amides is 1. The quantitative estimate of drug-likeness (QED) is 0.668. The summed E-state index contributed by atoms with van der Waals surface area (Å²) in [5, 5.41) is 2.64. The highest BCUT2D eigenvalue weighted by atomic mass is 16.5. The highest BCUT2D eigenvalue weighted by Gasteiger charge is 2.21. The lowest BCUT2D eigenvalue weighted by atomic mass is 10.2. The Morgan fingerprint density at radius 2 is 1.85 bits per heavy atom. The van der Waals surface area contributed by atoms with Gasteiger partial charge in [-0.2, -0.15) is 0 Å². The predicted octanol–water partition coefficient (Wildman–Crippen LogP) is 2.17. The van der Waals surface area contributed by atoms with Crippen molar-refractivity contribution in [3.8, 4) is 5.75 Å². The number of aromatic nitrogens is 1. The summed E-state index contributed by atoms with van der Waals surface area (Å²) in [5.41, 5.74) is 1.31. The van der Waals surface area contributed by atoms with Gasteiger partial charge < -0.3 is 19.2 Å². The van der Waals surface area contributed by atoms with Crippen LogP contribution in [0, 0.1) is 0 Å². The van der Waals surface area contributed by atoms with E-state index in [4.69, 9.17) is 13.9 Å². The van der Waals surface area contributed by atoms with E-state index in [1.165, 1.54) is 14.0 Å². The Hall–Kier alpha value is -3.55. The summed E-state index contributed by atoms with van der Waals surface area (Å²) in [6.45, 7) is 1.08. The number of methoxy groups -OCH3 is 1. The van der Waals surface area contributed by atoms with E-state index in [9.17, 15) is 14.4 Å². The molecule has 1 atom stereocenters. The lowest BCUT2D eigenvalue weighted by Gasteiger charge is -2.15. The molecular weight excluding hydrogens is 352 g/mol.